The van der Waals surface area contributed by atoms with Gasteiger partial charge in [-0.25, -0.2) is 0 Å². The molecule has 0 aliphatic rings. The summed E-state index contributed by atoms with van der Waals surface area (Å²) in [5.41, 5.74) is 0.451. The summed E-state index contributed by atoms with van der Waals surface area (Å²) in [5, 5.41) is 10.5. The fourth-order valence-corrected chi connectivity index (χ4v) is 2.67. The van der Waals surface area contributed by atoms with Crippen molar-refractivity contribution in [3.63, 3.8) is 0 Å². The first-order chi connectivity index (χ1) is 10.2. The van der Waals surface area contributed by atoms with Crippen molar-refractivity contribution in [1.82, 2.24) is 0 Å². The van der Waals surface area contributed by atoms with Gasteiger partial charge in [-0.05, 0) is 17.8 Å². The number of unbranched alkanes of at least 4 members (excludes halogenated alkanes) is 8. The highest BCUT2D eigenvalue weighted by Crippen LogP contribution is 2.29. The normalized spacial score (nSPS) is 14.8. The molecule has 0 aliphatic heterocycles. The van der Waals surface area contributed by atoms with E-state index in [1.807, 2.05) is 0 Å². The van der Waals surface area contributed by atoms with Crippen LogP contribution >= 0.6 is 0 Å². The Balaban J connectivity index is 3.26. The van der Waals surface area contributed by atoms with Gasteiger partial charge in [-0.2, -0.15) is 0 Å². The van der Waals surface area contributed by atoms with E-state index in [0.29, 0.717) is 5.41 Å². The molecule has 3 heteroatoms. The number of nitro groups is 1. The maximum absolute atomic E-state index is 10.5. The van der Waals surface area contributed by atoms with Gasteiger partial charge in [0.25, 0.3) is 0 Å². The van der Waals surface area contributed by atoms with E-state index in [-0.39, 0.29) is 11.0 Å². The minimum atomic E-state index is -0.365. The van der Waals surface area contributed by atoms with E-state index < -0.39 is 0 Å². The summed E-state index contributed by atoms with van der Waals surface area (Å²) >= 11 is 0. The number of hydrogen-bond acceptors (Lipinski definition) is 2. The van der Waals surface area contributed by atoms with Gasteiger partial charge >= 0.3 is 0 Å². The highest BCUT2D eigenvalue weighted by Gasteiger charge is 2.18. The van der Waals surface area contributed by atoms with E-state index >= 15 is 0 Å². The first-order valence-electron chi connectivity index (χ1n) is 9.38. The Bertz CT molecular complexity index is 284. The summed E-state index contributed by atoms with van der Waals surface area (Å²) in [4.78, 5) is 10.3. The van der Waals surface area contributed by atoms with E-state index in [9.17, 15) is 10.1 Å². The lowest BCUT2D eigenvalue weighted by Gasteiger charge is -2.27. The molecule has 132 valence electrons. The predicted molar refractivity (Wildman–Crippen MR) is 95.9 cm³/mol. The van der Waals surface area contributed by atoms with Crippen LogP contribution in [0.1, 0.15) is 105 Å². The van der Waals surface area contributed by atoms with Crippen LogP contribution in [0.15, 0.2) is 0 Å². The van der Waals surface area contributed by atoms with Gasteiger partial charge in [0.2, 0.25) is 6.04 Å². The lowest BCUT2D eigenvalue weighted by Crippen LogP contribution is -2.16. The van der Waals surface area contributed by atoms with Crippen LogP contribution in [0.5, 0.6) is 0 Å². The predicted octanol–water partition coefficient (Wildman–Crippen LogP) is 6.62. The minimum Gasteiger partial charge on any atom is -0.264 e. The smallest absolute Gasteiger partial charge is 0.210 e. The molecule has 0 amide bonds. The van der Waals surface area contributed by atoms with Crippen molar-refractivity contribution in [3.05, 3.63) is 10.1 Å². The van der Waals surface area contributed by atoms with Crippen molar-refractivity contribution in [2.24, 2.45) is 11.3 Å². The van der Waals surface area contributed by atoms with E-state index in [2.05, 4.69) is 27.7 Å². The maximum Gasteiger partial charge on any atom is 0.210 e. The van der Waals surface area contributed by atoms with Crippen molar-refractivity contribution in [1.29, 1.82) is 0 Å². The third-order valence-electron chi connectivity index (χ3n) is 5.10. The second-order valence-electron chi connectivity index (χ2n) is 8.16. The third kappa shape index (κ3) is 12.0. The molecule has 3 nitrogen and oxygen atoms in total. The fourth-order valence-electron chi connectivity index (χ4n) is 2.67. The van der Waals surface area contributed by atoms with Crippen LogP contribution in [0.25, 0.3) is 0 Å². The van der Waals surface area contributed by atoms with Gasteiger partial charge in [-0.1, -0.05) is 85.5 Å². The number of hydrogen-bond donors (Lipinski definition) is 0. The van der Waals surface area contributed by atoms with E-state index in [1.165, 1.54) is 51.4 Å². The van der Waals surface area contributed by atoms with Crippen LogP contribution < -0.4 is 0 Å². The lowest BCUT2D eigenvalue weighted by atomic mass is 9.79. The second-order valence-corrected chi connectivity index (χ2v) is 8.16. The molecule has 0 heterocycles. The van der Waals surface area contributed by atoms with Crippen LogP contribution in [0.3, 0.4) is 0 Å². The molecule has 0 aromatic carbocycles. The molecule has 0 bridgehead atoms. The monoisotopic (exact) mass is 313 g/mol. The van der Waals surface area contributed by atoms with Crippen LogP contribution in [-0.2, 0) is 0 Å². The Morgan fingerprint density at radius 3 is 1.50 bits per heavy atom. The molecule has 0 saturated heterocycles. The number of rotatable bonds is 13. The summed E-state index contributed by atoms with van der Waals surface area (Å²) in [5.74, 6) is 0.814. The first-order valence-corrected chi connectivity index (χ1v) is 9.38. The lowest BCUT2D eigenvalue weighted by molar-refractivity contribution is -0.519. The van der Waals surface area contributed by atoms with Crippen molar-refractivity contribution in [3.8, 4) is 0 Å². The molecule has 0 saturated carbocycles. The molecule has 0 aromatic heterocycles. The summed E-state index contributed by atoms with van der Waals surface area (Å²) < 4.78 is 0. The molecule has 0 radical (unpaired) electrons. The van der Waals surface area contributed by atoms with Gasteiger partial charge in [0.05, 0.1) is 0 Å². The first kappa shape index (κ1) is 21.4. The summed E-state index contributed by atoms with van der Waals surface area (Å²) in [6.07, 6.45) is 13.6. The number of nitrogens with zero attached hydrogens (tertiary/aromatic N) is 1. The van der Waals surface area contributed by atoms with Crippen LogP contribution in [0, 0.1) is 21.4 Å². The third-order valence-corrected chi connectivity index (χ3v) is 5.10. The van der Waals surface area contributed by atoms with Crippen molar-refractivity contribution in [2.45, 2.75) is 111 Å². The molecule has 0 aliphatic carbocycles. The summed E-state index contributed by atoms with van der Waals surface area (Å²) in [7, 11) is 0. The zero-order valence-electron chi connectivity index (χ0n) is 15.7. The molecule has 0 rings (SSSR count). The van der Waals surface area contributed by atoms with E-state index in [0.717, 1.165) is 25.2 Å². The standard InChI is InChI=1S/C19H39NO2/c1-17(19(3,4)5)15-13-11-9-7-6-8-10-12-14-16-18(2)20(21)22/h17-18H,6-16H2,1-5H3. The minimum absolute atomic E-state index is 0.166. The SMILES string of the molecule is CC(CCCCCCCCCCCC(C)C(C)(C)C)[N+](=O)[O-]. The summed E-state index contributed by atoms with van der Waals surface area (Å²) in [6, 6.07) is -0.365. The fraction of sp³-hybridized carbons (Fsp3) is 1.00. The molecule has 2 unspecified atom stereocenters. The molecular weight excluding hydrogens is 274 g/mol. The molecule has 0 spiro atoms. The highest BCUT2D eigenvalue weighted by molar-refractivity contribution is 4.69. The van der Waals surface area contributed by atoms with Crippen molar-refractivity contribution < 1.29 is 4.92 Å². The van der Waals surface area contributed by atoms with Gasteiger partial charge in [0.1, 0.15) is 0 Å². The molecule has 22 heavy (non-hydrogen) atoms. The van der Waals surface area contributed by atoms with Gasteiger partial charge in [0.15, 0.2) is 0 Å². The van der Waals surface area contributed by atoms with Crippen molar-refractivity contribution in [2.75, 3.05) is 0 Å². The zero-order valence-corrected chi connectivity index (χ0v) is 15.7. The second kappa shape index (κ2) is 11.9. The highest BCUT2D eigenvalue weighted by atomic mass is 16.6. The van der Waals surface area contributed by atoms with Gasteiger partial charge in [-0.3, -0.25) is 10.1 Å². The quantitative estimate of drug-likeness (QED) is 0.218. The average molecular weight is 314 g/mol. The Hall–Kier alpha value is -0.600. The average Bonchev–Trinajstić information content (AvgIpc) is 2.42. The van der Waals surface area contributed by atoms with Crippen molar-refractivity contribution >= 4 is 0 Å². The van der Waals surface area contributed by atoms with Crippen LogP contribution in [0.4, 0.5) is 0 Å². The Labute approximate surface area is 138 Å². The maximum atomic E-state index is 10.5. The van der Waals surface area contributed by atoms with Gasteiger partial charge in [0, 0.05) is 18.3 Å². The Kier molecular flexibility index (Phi) is 11.6. The topological polar surface area (TPSA) is 43.1 Å². The zero-order chi connectivity index (χ0) is 17.0. The Morgan fingerprint density at radius 2 is 1.14 bits per heavy atom. The van der Waals surface area contributed by atoms with Gasteiger partial charge in [-0.15, -0.1) is 0 Å². The van der Waals surface area contributed by atoms with E-state index in [1.54, 1.807) is 6.92 Å². The Morgan fingerprint density at radius 1 is 0.773 bits per heavy atom. The molecule has 0 fully saturated rings. The van der Waals surface area contributed by atoms with Crippen LogP contribution in [-0.4, -0.2) is 11.0 Å². The largest absolute Gasteiger partial charge is 0.264 e. The summed E-state index contributed by atoms with van der Waals surface area (Å²) in [6.45, 7) is 11.1. The molecule has 2 atom stereocenters. The molecule has 0 N–H and O–H groups in total. The molecule has 0 aromatic rings. The van der Waals surface area contributed by atoms with E-state index in [4.69, 9.17) is 0 Å². The van der Waals surface area contributed by atoms with Crippen LogP contribution in [0.2, 0.25) is 0 Å². The van der Waals surface area contributed by atoms with Gasteiger partial charge < -0.3 is 0 Å². The molecular formula is C19H39NO2.